The van der Waals surface area contributed by atoms with Crippen LogP contribution in [0.5, 0.6) is 23.0 Å². The average Bonchev–Trinajstić information content (AvgIpc) is 2.84. The minimum Gasteiger partial charge on any atom is -0.386 e. The van der Waals surface area contributed by atoms with Gasteiger partial charge in [-0.2, -0.15) is 0 Å². The standard InChI is InChI=1S/C28H25NO6/c1-20-4-12-24(13-5-20)32-28(33-25-14-6-21(2)7-15-25,34-26-16-8-22(3)9-17-26)35-27-18-10-23(11-19-27)29(30)31/h4-19H,1-3H3. The zero-order valence-electron chi connectivity index (χ0n) is 19.6. The Morgan fingerprint density at radius 1 is 0.514 bits per heavy atom. The molecule has 35 heavy (non-hydrogen) atoms. The molecule has 0 radical (unpaired) electrons. The van der Waals surface area contributed by atoms with Gasteiger partial charge in [-0.3, -0.25) is 10.1 Å². The summed E-state index contributed by atoms with van der Waals surface area (Å²) < 4.78 is 24.8. The molecule has 0 aromatic heterocycles. The minimum atomic E-state index is -2.09. The van der Waals surface area contributed by atoms with Crippen molar-refractivity contribution in [1.29, 1.82) is 0 Å². The molecular weight excluding hydrogens is 446 g/mol. The number of rotatable bonds is 9. The van der Waals surface area contributed by atoms with E-state index in [0.717, 1.165) is 16.7 Å². The fourth-order valence-electron chi connectivity index (χ4n) is 3.16. The van der Waals surface area contributed by atoms with Gasteiger partial charge in [-0.05, 0) is 69.3 Å². The Kier molecular flexibility index (Phi) is 6.87. The van der Waals surface area contributed by atoms with Crippen molar-refractivity contribution in [3.8, 4) is 23.0 Å². The molecule has 4 rings (SSSR count). The summed E-state index contributed by atoms with van der Waals surface area (Å²) in [6.07, 6.45) is -2.09. The van der Waals surface area contributed by atoms with Crippen LogP contribution in [-0.4, -0.2) is 11.1 Å². The van der Waals surface area contributed by atoms with Gasteiger partial charge in [0.15, 0.2) is 0 Å². The smallest absolute Gasteiger partial charge is 0.386 e. The molecule has 0 saturated carbocycles. The number of nitro groups is 1. The van der Waals surface area contributed by atoms with Crippen molar-refractivity contribution in [3.05, 3.63) is 124 Å². The van der Waals surface area contributed by atoms with Crippen molar-refractivity contribution in [2.75, 3.05) is 0 Å². The molecule has 0 aliphatic carbocycles. The number of non-ortho nitro benzene ring substituents is 1. The quantitative estimate of drug-likeness (QED) is 0.153. The topological polar surface area (TPSA) is 80.1 Å². The predicted octanol–water partition coefficient (Wildman–Crippen LogP) is 6.75. The summed E-state index contributed by atoms with van der Waals surface area (Å²) in [5.74, 6) is 1.58. The Hall–Kier alpha value is -4.52. The van der Waals surface area contributed by atoms with E-state index in [-0.39, 0.29) is 11.4 Å². The van der Waals surface area contributed by atoms with Gasteiger partial charge in [0.1, 0.15) is 23.0 Å². The maximum absolute atomic E-state index is 11.1. The molecule has 0 spiro atoms. The highest BCUT2D eigenvalue weighted by molar-refractivity contribution is 5.37. The van der Waals surface area contributed by atoms with E-state index in [9.17, 15) is 10.1 Å². The fraction of sp³-hybridized carbons (Fsp3) is 0.143. The summed E-state index contributed by atoms with van der Waals surface area (Å²) in [7, 11) is 0. The maximum atomic E-state index is 11.1. The molecule has 0 unspecified atom stereocenters. The largest absolute Gasteiger partial charge is 0.611 e. The van der Waals surface area contributed by atoms with E-state index in [1.54, 1.807) is 36.4 Å². The molecule has 0 saturated heterocycles. The molecule has 0 amide bonds. The van der Waals surface area contributed by atoms with Crippen LogP contribution in [0.3, 0.4) is 0 Å². The summed E-state index contributed by atoms with van der Waals surface area (Å²) in [5, 5.41) is 11.1. The lowest BCUT2D eigenvalue weighted by Crippen LogP contribution is -2.53. The molecule has 0 fully saturated rings. The van der Waals surface area contributed by atoms with E-state index in [4.69, 9.17) is 18.9 Å². The van der Waals surface area contributed by atoms with Crippen LogP contribution in [0.15, 0.2) is 97.1 Å². The van der Waals surface area contributed by atoms with E-state index in [0.29, 0.717) is 17.2 Å². The monoisotopic (exact) mass is 471 g/mol. The summed E-state index contributed by atoms with van der Waals surface area (Å²) in [6, 6.07) is 27.6. The zero-order valence-corrected chi connectivity index (χ0v) is 19.6. The fourth-order valence-corrected chi connectivity index (χ4v) is 3.16. The Morgan fingerprint density at radius 3 is 1.03 bits per heavy atom. The van der Waals surface area contributed by atoms with Gasteiger partial charge in [-0.25, -0.2) is 0 Å². The van der Waals surface area contributed by atoms with Gasteiger partial charge < -0.3 is 18.9 Å². The highest BCUT2D eigenvalue weighted by Gasteiger charge is 2.44. The normalized spacial score (nSPS) is 10.9. The maximum Gasteiger partial charge on any atom is 0.611 e. The Labute approximate surface area is 203 Å². The first kappa shape index (κ1) is 23.6. The van der Waals surface area contributed by atoms with E-state index < -0.39 is 11.1 Å². The first-order chi connectivity index (χ1) is 16.8. The highest BCUT2D eigenvalue weighted by Crippen LogP contribution is 2.31. The average molecular weight is 472 g/mol. The molecule has 0 heterocycles. The molecule has 7 nitrogen and oxygen atoms in total. The predicted molar refractivity (Wildman–Crippen MR) is 132 cm³/mol. The lowest BCUT2D eigenvalue weighted by atomic mass is 10.2. The van der Waals surface area contributed by atoms with Crippen molar-refractivity contribution < 1.29 is 23.9 Å². The number of hydrogen-bond donors (Lipinski definition) is 0. The number of nitrogens with zero attached hydrogens (tertiary/aromatic N) is 1. The Morgan fingerprint density at radius 2 is 0.771 bits per heavy atom. The number of ether oxygens (including phenoxy) is 4. The number of aryl methyl sites for hydroxylation is 3. The van der Waals surface area contributed by atoms with E-state index in [2.05, 4.69) is 0 Å². The summed E-state index contributed by atoms with van der Waals surface area (Å²) in [4.78, 5) is 10.6. The zero-order chi connectivity index (χ0) is 24.8. The van der Waals surface area contributed by atoms with Crippen LogP contribution in [0.25, 0.3) is 0 Å². The van der Waals surface area contributed by atoms with Crippen LogP contribution >= 0.6 is 0 Å². The third-order valence-electron chi connectivity index (χ3n) is 5.08. The van der Waals surface area contributed by atoms with Crippen LogP contribution in [0.1, 0.15) is 16.7 Å². The lowest BCUT2D eigenvalue weighted by molar-refractivity contribution is -0.385. The first-order valence-electron chi connectivity index (χ1n) is 11.0. The highest BCUT2D eigenvalue weighted by atomic mass is 17.0. The molecule has 4 aromatic rings. The van der Waals surface area contributed by atoms with Gasteiger partial charge in [0.05, 0.1) is 4.92 Å². The van der Waals surface area contributed by atoms with E-state index in [1.807, 2.05) is 57.2 Å². The molecule has 0 aliphatic rings. The van der Waals surface area contributed by atoms with Crippen LogP contribution in [0, 0.1) is 30.9 Å². The molecular formula is C28H25NO6. The van der Waals surface area contributed by atoms with E-state index in [1.165, 1.54) is 24.3 Å². The van der Waals surface area contributed by atoms with Crippen molar-refractivity contribution in [3.63, 3.8) is 0 Å². The Balaban J connectivity index is 1.77. The second-order valence-electron chi connectivity index (χ2n) is 8.10. The second kappa shape index (κ2) is 10.2. The lowest BCUT2D eigenvalue weighted by Gasteiger charge is -2.32. The van der Waals surface area contributed by atoms with Crippen molar-refractivity contribution in [1.82, 2.24) is 0 Å². The van der Waals surface area contributed by atoms with Crippen molar-refractivity contribution >= 4 is 5.69 Å². The summed E-state index contributed by atoms with van der Waals surface area (Å²) >= 11 is 0. The van der Waals surface area contributed by atoms with Crippen LogP contribution in [0.2, 0.25) is 0 Å². The van der Waals surface area contributed by atoms with Crippen LogP contribution in [-0.2, 0) is 0 Å². The summed E-state index contributed by atoms with van der Waals surface area (Å²) in [6.45, 7) is 5.90. The molecule has 178 valence electrons. The molecule has 0 aliphatic heterocycles. The van der Waals surface area contributed by atoms with Crippen LogP contribution in [0.4, 0.5) is 5.69 Å². The van der Waals surface area contributed by atoms with Gasteiger partial charge in [-0.15, -0.1) is 0 Å². The van der Waals surface area contributed by atoms with Gasteiger partial charge >= 0.3 is 6.16 Å². The minimum absolute atomic E-state index is 0.0682. The van der Waals surface area contributed by atoms with E-state index >= 15 is 0 Å². The van der Waals surface area contributed by atoms with Gasteiger partial charge in [0.25, 0.3) is 5.69 Å². The SMILES string of the molecule is Cc1ccc(OC(Oc2ccc(C)cc2)(Oc2ccc(C)cc2)Oc2ccc([N+](=O)[O-])cc2)cc1. The third kappa shape index (κ3) is 6.29. The third-order valence-corrected chi connectivity index (χ3v) is 5.08. The van der Waals surface area contributed by atoms with Gasteiger partial charge in [0.2, 0.25) is 0 Å². The second-order valence-corrected chi connectivity index (χ2v) is 8.10. The molecule has 4 aromatic carbocycles. The number of benzene rings is 4. The summed E-state index contributed by atoms with van der Waals surface area (Å²) in [5.41, 5.74) is 3.09. The number of nitro benzene ring substituents is 1. The van der Waals surface area contributed by atoms with Crippen LogP contribution < -0.4 is 18.9 Å². The molecule has 0 atom stereocenters. The molecule has 7 heteroatoms. The molecule has 0 N–H and O–H groups in total. The van der Waals surface area contributed by atoms with Gasteiger partial charge in [0, 0.05) is 12.1 Å². The van der Waals surface area contributed by atoms with Gasteiger partial charge in [-0.1, -0.05) is 53.1 Å². The number of hydrogen-bond acceptors (Lipinski definition) is 6. The first-order valence-corrected chi connectivity index (χ1v) is 11.0. The van der Waals surface area contributed by atoms with Crippen molar-refractivity contribution in [2.24, 2.45) is 0 Å². The Bertz CT molecular complexity index is 1150. The van der Waals surface area contributed by atoms with Crippen molar-refractivity contribution in [2.45, 2.75) is 26.9 Å². The molecule has 0 bridgehead atoms.